The zero-order valence-corrected chi connectivity index (χ0v) is 12.0. The van der Waals surface area contributed by atoms with Crippen LogP contribution in [0.15, 0.2) is 18.6 Å². The molecule has 2 fully saturated rings. The highest BCUT2D eigenvalue weighted by Gasteiger charge is 2.36. The van der Waals surface area contributed by atoms with Crippen molar-refractivity contribution in [1.82, 2.24) is 19.3 Å². The van der Waals surface area contributed by atoms with Crippen LogP contribution in [0.3, 0.4) is 0 Å². The van der Waals surface area contributed by atoms with E-state index in [2.05, 4.69) is 20.2 Å². The zero-order valence-electron chi connectivity index (χ0n) is 12.0. The van der Waals surface area contributed by atoms with Crippen LogP contribution in [-0.2, 0) is 4.79 Å². The van der Waals surface area contributed by atoms with E-state index < -0.39 is 0 Å². The number of hydrogen-bond acceptors (Lipinski definition) is 5. The first-order valence-corrected chi connectivity index (χ1v) is 7.32. The van der Waals surface area contributed by atoms with Crippen LogP contribution < -0.4 is 10.2 Å². The van der Waals surface area contributed by atoms with E-state index in [0.29, 0.717) is 18.4 Å². The Morgan fingerprint density at radius 1 is 1.38 bits per heavy atom. The predicted molar refractivity (Wildman–Crippen MR) is 79.5 cm³/mol. The molecule has 110 valence electrons. The number of piperazine rings is 1. The molecule has 7 nitrogen and oxygen atoms in total. The number of imidazole rings is 1. The molecule has 0 aromatic carbocycles. The van der Waals surface area contributed by atoms with E-state index in [-0.39, 0.29) is 0 Å². The van der Waals surface area contributed by atoms with Crippen LogP contribution >= 0.6 is 0 Å². The fraction of sp³-hybridized carbons (Fsp3) is 0.500. The van der Waals surface area contributed by atoms with Gasteiger partial charge in [-0.15, -0.1) is 0 Å². The van der Waals surface area contributed by atoms with Gasteiger partial charge in [-0.1, -0.05) is 0 Å². The van der Waals surface area contributed by atoms with Crippen LogP contribution in [0, 0.1) is 0 Å². The molecule has 7 heteroatoms. The molecular weight excluding hydrogens is 268 g/mol. The number of anilines is 2. The van der Waals surface area contributed by atoms with Gasteiger partial charge >= 0.3 is 0 Å². The minimum absolute atomic E-state index is 0.294. The summed E-state index contributed by atoms with van der Waals surface area (Å²) in [7, 11) is 1.86. The van der Waals surface area contributed by atoms with Gasteiger partial charge in [0.1, 0.15) is 5.82 Å². The Balaban J connectivity index is 1.70. The average molecular weight is 286 g/mol. The smallest absolute Gasteiger partial charge is 0.223 e. The SMILES string of the molecule is CNc1cn2ccnc2c(N2CCN3C(=O)CCC3C2)n1. The van der Waals surface area contributed by atoms with E-state index in [9.17, 15) is 4.79 Å². The lowest BCUT2D eigenvalue weighted by Gasteiger charge is -2.38. The summed E-state index contributed by atoms with van der Waals surface area (Å²) >= 11 is 0. The molecule has 1 unspecified atom stereocenters. The van der Waals surface area contributed by atoms with Gasteiger partial charge in [-0.25, -0.2) is 9.97 Å². The second kappa shape index (κ2) is 4.61. The molecule has 1 amide bonds. The highest BCUT2D eigenvalue weighted by Crippen LogP contribution is 2.28. The van der Waals surface area contributed by atoms with E-state index in [4.69, 9.17) is 0 Å². The molecule has 0 aliphatic carbocycles. The van der Waals surface area contributed by atoms with Gasteiger partial charge in [-0.2, -0.15) is 0 Å². The first-order chi connectivity index (χ1) is 10.3. The molecule has 0 saturated carbocycles. The minimum atomic E-state index is 0.294. The zero-order chi connectivity index (χ0) is 14.4. The van der Waals surface area contributed by atoms with Crippen molar-refractivity contribution in [3.8, 4) is 0 Å². The van der Waals surface area contributed by atoms with Crippen LogP contribution in [0.5, 0.6) is 0 Å². The lowest BCUT2D eigenvalue weighted by atomic mass is 10.1. The van der Waals surface area contributed by atoms with Crippen LogP contribution in [-0.4, -0.2) is 57.9 Å². The van der Waals surface area contributed by atoms with Gasteiger partial charge in [0.05, 0.1) is 6.20 Å². The van der Waals surface area contributed by atoms with E-state index in [0.717, 1.165) is 43.3 Å². The maximum atomic E-state index is 11.8. The number of carbonyl (C=O) groups is 1. The fourth-order valence-corrected chi connectivity index (χ4v) is 3.30. The van der Waals surface area contributed by atoms with E-state index >= 15 is 0 Å². The molecule has 0 radical (unpaired) electrons. The number of nitrogens with zero attached hydrogens (tertiary/aromatic N) is 5. The molecule has 2 aliphatic heterocycles. The number of carbonyl (C=O) groups excluding carboxylic acids is 1. The van der Waals surface area contributed by atoms with Gasteiger partial charge in [0.25, 0.3) is 0 Å². The van der Waals surface area contributed by atoms with Crippen LogP contribution in [0.25, 0.3) is 5.65 Å². The normalized spacial score (nSPS) is 22.0. The third-order valence-corrected chi connectivity index (χ3v) is 4.41. The summed E-state index contributed by atoms with van der Waals surface area (Å²) in [4.78, 5) is 25.2. The monoisotopic (exact) mass is 286 g/mol. The van der Waals surface area contributed by atoms with Crippen molar-refractivity contribution in [2.24, 2.45) is 0 Å². The Morgan fingerprint density at radius 3 is 3.14 bits per heavy atom. The van der Waals surface area contributed by atoms with E-state index in [1.165, 1.54) is 0 Å². The fourth-order valence-electron chi connectivity index (χ4n) is 3.30. The summed E-state index contributed by atoms with van der Waals surface area (Å²) in [6.45, 7) is 2.43. The van der Waals surface area contributed by atoms with Gasteiger partial charge in [0, 0.05) is 51.5 Å². The Kier molecular flexibility index (Phi) is 2.73. The Hall–Kier alpha value is -2.31. The van der Waals surface area contributed by atoms with Crippen molar-refractivity contribution in [3.63, 3.8) is 0 Å². The maximum absolute atomic E-state index is 11.8. The van der Waals surface area contributed by atoms with Gasteiger partial charge in [-0.05, 0) is 6.42 Å². The topological polar surface area (TPSA) is 65.8 Å². The minimum Gasteiger partial charge on any atom is -0.372 e. The molecule has 1 atom stereocenters. The highest BCUT2D eigenvalue weighted by molar-refractivity contribution is 5.79. The van der Waals surface area contributed by atoms with E-state index in [1.54, 1.807) is 6.20 Å². The highest BCUT2D eigenvalue weighted by atomic mass is 16.2. The standard InChI is InChI=1S/C14H18N6O/c1-15-11-9-18-5-4-16-13(18)14(17-11)19-6-7-20-10(8-19)2-3-12(20)21/h4-5,9-10,15H,2-3,6-8H2,1H3. The Labute approximate surface area is 122 Å². The molecule has 2 aromatic rings. The first-order valence-electron chi connectivity index (χ1n) is 7.32. The summed E-state index contributed by atoms with van der Waals surface area (Å²) in [6, 6.07) is 0.321. The molecule has 2 aromatic heterocycles. The second-order valence-electron chi connectivity index (χ2n) is 5.58. The Morgan fingerprint density at radius 2 is 2.29 bits per heavy atom. The van der Waals surface area contributed by atoms with Crippen LogP contribution in [0.2, 0.25) is 0 Å². The van der Waals surface area contributed by atoms with Crippen molar-refractivity contribution in [2.45, 2.75) is 18.9 Å². The average Bonchev–Trinajstić information content (AvgIpc) is 3.12. The largest absolute Gasteiger partial charge is 0.372 e. The number of hydrogen-bond donors (Lipinski definition) is 1. The molecule has 4 heterocycles. The van der Waals surface area contributed by atoms with Crippen molar-refractivity contribution < 1.29 is 4.79 Å². The summed E-state index contributed by atoms with van der Waals surface area (Å²) in [5.41, 5.74) is 0.867. The van der Waals surface area contributed by atoms with Crippen molar-refractivity contribution >= 4 is 23.2 Å². The van der Waals surface area contributed by atoms with Crippen LogP contribution in [0.4, 0.5) is 11.6 Å². The summed E-state index contributed by atoms with van der Waals surface area (Å²) < 4.78 is 1.99. The van der Waals surface area contributed by atoms with Gasteiger partial charge < -0.3 is 19.5 Å². The molecular formula is C14H18N6O. The van der Waals surface area contributed by atoms with Crippen molar-refractivity contribution in [2.75, 3.05) is 36.9 Å². The summed E-state index contributed by atoms with van der Waals surface area (Å²) in [6.07, 6.45) is 7.28. The van der Waals surface area contributed by atoms with Crippen LogP contribution in [0.1, 0.15) is 12.8 Å². The number of rotatable bonds is 2. The quantitative estimate of drug-likeness (QED) is 0.875. The molecule has 1 N–H and O–H groups in total. The number of fused-ring (bicyclic) bond motifs is 2. The molecule has 2 saturated heterocycles. The predicted octanol–water partition coefficient (Wildman–Crippen LogP) is 0.582. The summed E-state index contributed by atoms with van der Waals surface area (Å²) in [5, 5.41) is 3.09. The molecule has 0 spiro atoms. The molecule has 2 aliphatic rings. The summed E-state index contributed by atoms with van der Waals surface area (Å²) in [5.74, 6) is 2.01. The first kappa shape index (κ1) is 12.4. The van der Waals surface area contributed by atoms with Crippen molar-refractivity contribution in [1.29, 1.82) is 0 Å². The Bertz CT molecular complexity index is 696. The number of aromatic nitrogens is 3. The van der Waals surface area contributed by atoms with Gasteiger partial charge in [0.15, 0.2) is 11.5 Å². The molecule has 4 rings (SSSR count). The molecule has 0 bridgehead atoms. The lowest BCUT2D eigenvalue weighted by Crippen LogP contribution is -2.51. The van der Waals surface area contributed by atoms with Gasteiger partial charge in [0.2, 0.25) is 5.91 Å². The van der Waals surface area contributed by atoms with Gasteiger partial charge in [-0.3, -0.25) is 4.79 Å². The second-order valence-corrected chi connectivity index (χ2v) is 5.58. The van der Waals surface area contributed by atoms with Crippen molar-refractivity contribution in [3.05, 3.63) is 18.6 Å². The number of amides is 1. The number of nitrogens with one attached hydrogen (secondary N) is 1. The maximum Gasteiger partial charge on any atom is 0.223 e. The lowest BCUT2D eigenvalue weighted by molar-refractivity contribution is -0.129. The van der Waals surface area contributed by atoms with E-state index in [1.807, 2.05) is 28.7 Å². The third kappa shape index (κ3) is 1.91. The third-order valence-electron chi connectivity index (χ3n) is 4.41. The molecule has 21 heavy (non-hydrogen) atoms.